The van der Waals surface area contributed by atoms with Crippen molar-refractivity contribution in [2.24, 2.45) is 17.1 Å². The number of allylic oxidation sites excluding steroid dienone is 3. The fourth-order valence-electron chi connectivity index (χ4n) is 2.13. The van der Waals surface area contributed by atoms with Crippen LogP contribution in [0.3, 0.4) is 0 Å². The fourth-order valence-corrected chi connectivity index (χ4v) is 2.13. The first-order valence-corrected chi connectivity index (χ1v) is 4.42. The Hall–Kier alpha value is -0.630. The Morgan fingerprint density at radius 1 is 1.83 bits per heavy atom. The SMILES string of the molecule is CC1=C(F)CC=CC2(CN)CC12.[HH]. The maximum absolute atomic E-state index is 13.2. The van der Waals surface area contributed by atoms with E-state index in [-0.39, 0.29) is 12.7 Å². The first-order valence-electron chi connectivity index (χ1n) is 4.42. The minimum atomic E-state index is 0. The molecule has 0 radical (unpaired) electrons. The van der Waals surface area contributed by atoms with Crippen LogP contribution in [0, 0.1) is 11.3 Å². The topological polar surface area (TPSA) is 26.0 Å². The van der Waals surface area contributed by atoms with Crippen LogP contribution in [0.2, 0.25) is 0 Å². The first-order chi connectivity index (χ1) is 5.69. The van der Waals surface area contributed by atoms with E-state index < -0.39 is 0 Å². The molecule has 2 atom stereocenters. The maximum Gasteiger partial charge on any atom is 0.103 e. The summed E-state index contributed by atoms with van der Waals surface area (Å²) in [4.78, 5) is 0. The van der Waals surface area contributed by atoms with Crippen molar-refractivity contribution in [1.29, 1.82) is 0 Å². The van der Waals surface area contributed by atoms with Gasteiger partial charge in [-0.2, -0.15) is 0 Å². The third kappa shape index (κ3) is 0.944. The quantitative estimate of drug-likeness (QED) is 0.599. The summed E-state index contributed by atoms with van der Waals surface area (Å²) < 4.78 is 13.2. The van der Waals surface area contributed by atoms with Gasteiger partial charge in [-0.1, -0.05) is 12.2 Å². The highest BCUT2D eigenvalue weighted by Gasteiger charge is 2.53. The van der Waals surface area contributed by atoms with Gasteiger partial charge in [0.25, 0.3) is 0 Å². The summed E-state index contributed by atoms with van der Waals surface area (Å²) in [6.07, 6.45) is 5.52. The van der Waals surface area contributed by atoms with Crippen LogP contribution in [0.25, 0.3) is 0 Å². The van der Waals surface area contributed by atoms with Crippen molar-refractivity contribution in [3.8, 4) is 0 Å². The van der Waals surface area contributed by atoms with Crippen molar-refractivity contribution in [3.05, 3.63) is 23.6 Å². The van der Waals surface area contributed by atoms with Crippen LogP contribution < -0.4 is 5.73 Å². The van der Waals surface area contributed by atoms with E-state index in [1.165, 1.54) is 0 Å². The molecule has 1 nitrogen and oxygen atoms in total. The lowest BCUT2D eigenvalue weighted by Gasteiger charge is -2.07. The Kier molecular flexibility index (Phi) is 1.62. The molecule has 0 aliphatic heterocycles. The zero-order chi connectivity index (χ0) is 8.77. The molecular weight excluding hydrogens is 153 g/mol. The van der Waals surface area contributed by atoms with Crippen LogP contribution in [0.1, 0.15) is 21.2 Å². The molecule has 2 N–H and O–H groups in total. The summed E-state index contributed by atoms with van der Waals surface area (Å²) in [5.74, 6) is 0.435. The standard InChI is InChI=1S/C10H14FN.H2/c1-7-8-5-10(8,6-12)4-2-3-9(7)11;/h2,4,8H,3,5-6,12H2,1H3;1H. The molecule has 0 saturated heterocycles. The van der Waals surface area contributed by atoms with E-state index in [0.29, 0.717) is 18.9 Å². The normalized spacial score (nSPS) is 39.4. The summed E-state index contributed by atoms with van der Waals surface area (Å²) in [6, 6.07) is 0. The first kappa shape index (κ1) is 7.99. The van der Waals surface area contributed by atoms with E-state index in [1.54, 1.807) is 0 Å². The third-order valence-electron chi connectivity index (χ3n) is 3.20. The summed E-state index contributed by atoms with van der Waals surface area (Å²) in [7, 11) is 0. The van der Waals surface area contributed by atoms with Crippen LogP contribution in [0.15, 0.2) is 23.6 Å². The second kappa shape index (κ2) is 2.43. The molecule has 2 aliphatic carbocycles. The number of fused-ring (bicyclic) bond motifs is 1. The van der Waals surface area contributed by atoms with Gasteiger partial charge in [-0.05, 0) is 24.8 Å². The average molecular weight is 169 g/mol. The smallest absolute Gasteiger partial charge is 0.103 e. The number of halogens is 1. The largest absolute Gasteiger partial charge is 0.330 e. The van der Waals surface area contributed by atoms with Crippen molar-refractivity contribution in [2.45, 2.75) is 19.8 Å². The van der Waals surface area contributed by atoms with Crippen LogP contribution >= 0.6 is 0 Å². The van der Waals surface area contributed by atoms with Gasteiger partial charge in [0, 0.05) is 19.8 Å². The Morgan fingerprint density at radius 3 is 3.25 bits per heavy atom. The van der Waals surface area contributed by atoms with Gasteiger partial charge in [0.1, 0.15) is 5.83 Å². The Morgan fingerprint density at radius 2 is 2.58 bits per heavy atom. The minimum absolute atomic E-state index is 0. The average Bonchev–Trinajstić information content (AvgIpc) is 2.78. The molecule has 1 saturated carbocycles. The second-order valence-electron chi connectivity index (χ2n) is 3.89. The fraction of sp³-hybridized carbons (Fsp3) is 0.600. The molecule has 2 unspecified atom stereocenters. The number of rotatable bonds is 1. The zero-order valence-corrected chi connectivity index (χ0v) is 7.31. The molecule has 0 aromatic carbocycles. The molecule has 68 valence electrons. The Balaban J connectivity index is 0.000000845. The molecule has 0 heterocycles. The molecule has 2 rings (SSSR count). The number of nitrogens with two attached hydrogens (primary N) is 1. The molecular formula is C10H16FN. The Bertz CT molecular complexity index is 272. The van der Waals surface area contributed by atoms with E-state index >= 15 is 0 Å². The van der Waals surface area contributed by atoms with Crippen LogP contribution in [-0.4, -0.2) is 6.54 Å². The Labute approximate surface area is 73.6 Å². The monoisotopic (exact) mass is 169 g/mol. The molecule has 0 aromatic rings. The van der Waals surface area contributed by atoms with E-state index in [9.17, 15) is 4.39 Å². The van der Waals surface area contributed by atoms with E-state index in [1.807, 2.05) is 13.0 Å². The van der Waals surface area contributed by atoms with Crippen molar-refractivity contribution in [2.75, 3.05) is 6.54 Å². The molecule has 12 heavy (non-hydrogen) atoms. The van der Waals surface area contributed by atoms with Crippen LogP contribution in [0.4, 0.5) is 4.39 Å². The molecule has 0 spiro atoms. The third-order valence-corrected chi connectivity index (χ3v) is 3.20. The lowest BCUT2D eigenvalue weighted by Crippen LogP contribution is -2.15. The highest BCUT2D eigenvalue weighted by atomic mass is 19.1. The summed E-state index contributed by atoms with van der Waals surface area (Å²) in [6.45, 7) is 2.54. The molecule has 0 aromatic heterocycles. The van der Waals surface area contributed by atoms with Crippen molar-refractivity contribution >= 4 is 0 Å². The van der Waals surface area contributed by atoms with Gasteiger partial charge < -0.3 is 5.73 Å². The van der Waals surface area contributed by atoms with Gasteiger partial charge in [0.15, 0.2) is 0 Å². The minimum Gasteiger partial charge on any atom is -0.330 e. The van der Waals surface area contributed by atoms with Gasteiger partial charge in [-0.15, -0.1) is 0 Å². The maximum atomic E-state index is 13.2. The number of hydrogen-bond acceptors (Lipinski definition) is 1. The van der Waals surface area contributed by atoms with Gasteiger partial charge in [0.2, 0.25) is 0 Å². The van der Waals surface area contributed by atoms with Crippen molar-refractivity contribution in [3.63, 3.8) is 0 Å². The van der Waals surface area contributed by atoms with E-state index in [4.69, 9.17) is 5.73 Å². The van der Waals surface area contributed by atoms with Gasteiger partial charge in [-0.25, -0.2) is 4.39 Å². The van der Waals surface area contributed by atoms with E-state index in [2.05, 4.69) is 6.08 Å². The predicted octanol–water partition coefficient (Wildman–Crippen LogP) is 2.40. The lowest BCUT2D eigenvalue weighted by molar-refractivity contribution is 0.579. The molecule has 1 fully saturated rings. The van der Waals surface area contributed by atoms with Gasteiger partial charge in [-0.3, -0.25) is 0 Å². The molecule has 0 bridgehead atoms. The molecule has 0 amide bonds. The highest BCUT2D eigenvalue weighted by Crippen LogP contribution is 2.58. The summed E-state index contributed by atoms with van der Waals surface area (Å²) in [5.41, 5.74) is 6.70. The number of hydrogen-bond donors (Lipinski definition) is 1. The summed E-state index contributed by atoms with van der Waals surface area (Å²) in [5, 5.41) is 0. The van der Waals surface area contributed by atoms with Crippen LogP contribution in [-0.2, 0) is 0 Å². The van der Waals surface area contributed by atoms with Gasteiger partial charge in [0.05, 0.1) is 0 Å². The zero-order valence-electron chi connectivity index (χ0n) is 7.31. The summed E-state index contributed by atoms with van der Waals surface area (Å²) >= 11 is 0. The van der Waals surface area contributed by atoms with E-state index in [0.717, 1.165) is 12.0 Å². The molecule has 2 aliphatic rings. The van der Waals surface area contributed by atoms with Gasteiger partial charge >= 0.3 is 0 Å². The lowest BCUT2D eigenvalue weighted by atomic mass is 10.0. The second-order valence-corrected chi connectivity index (χ2v) is 3.89. The van der Waals surface area contributed by atoms with Crippen molar-refractivity contribution in [1.82, 2.24) is 0 Å². The highest BCUT2D eigenvalue weighted by molar-refractivity contribution is 5.32. The molecule has 2 heteroatoms. The van der Waals surface area contributed by atoms with Crippen LogP contribution in [0.5, 0.6) is 0 Å². The predicted molar refractivity (Wildman–Crippen MR) is 49.3 cm³/mol. The van der Waals surface area contributed by atoms with Crippen molar-refractivity contribution < 1.29 is 5.82 Å².